The molecule has 1 aliphatic rings. The van der Waals surface area contributed by atoms with Crippen molar-refractivity contribution in [2.24, 2.45) is 0 Å². The standard InChI is InChI=1S/C13H12BrNO3S2/c1-18-7-5-13(6-7,12(16)17)20-9-2-3-15-11-8(9)4-10(14)19-11/h2-4,7H,5-6H2,1H3,(H,16,17). The molecule has 0 aromatic carbocycles. The Morgan fingerprint density at radius 3 is 3.05 bits per heavy atom. The second-order valence-electron chi connectivity index (χ2n) is 4.75. The van der Waals surface area contributed by atoms with Crippen LogP contribution in [-0.4, -0.2) is 34.0 Å². The maximum absolute atomic E-state index is 11.6. The van der Waals surface area contributed by atoms with Crippen LogP contribution in [-0.2, 0) is 9.53 Å². The third-order valence-corrected chi connectivity index (χ3v) is 6.53. The molecule has 0 unspecified atom stereocenters. The van der Waals surface area contributed by atoms with Crippen molar-refractivity contribution in [3.05, 3.63) is 22.1 Å². The summed E-state index contributed by atoms with van der Waals surface area (Å²) in [5, 5.41) is 10.5. The molecule has 1 N–H and O–H groups in total. The first-order valence-corrected chi connectivity index (χ1v) is 8.46. The lowest BCUT2D eigenvalue weighted by atomic mass is 9.81. The zero-order valence-electron chi connectivity index (χ0n) is 10.6. The van der Waals surface area contributed by atoms with E-state index in [1.807, 2.05) is 12.1 Å². The van der Waals surface area contributed by atoms with Gasteiger partial charge in [0.15, 0.2) is 0 Å². The SMILES string of the molecule is COC1CC(Sc2ccnc3sc(Br)cc23)(C(=O)O)C1. The molecule has 3 rings (SSSR count). The maximum atomic E-state index is 11.6. The van der Waals surface area contributed by atoms with Crippen molar-refractivity contribution >= 4 is 55.2 Å². The van der Waals surface area contributed by atoms with E-state index in [-0.39, 0.29) is 6.10 Å². The van der Waals surface area contributed by atoms with Crippen molar-refractivity contribution < 1.29 is 14.6 Å². The molecular formula is C13H12BrNO3S2. The third kappa shape index (κ3) is 2.36. The fourth-order valence-electron chi connectivity index (χ4n) is 2.33. The molecule has 106 valence electrons. The van der Waals surface area contributed by atoms with Crippen LogP contribution in [0.25, 0.3) is 10.2 Å². The van der Waals surface area contributed by atoms with E-state index in [4.69, 9.17) is 4.74 Å². The van der Waals surface area contributed by atoms with Gasteiger partial charge in [0.2, 0.25) is 0 Å². The van der Waals surface area contributed by atoms with E-state index in [1.165, 1.54) is 11.8 Å². The average Bonchev–Trinajstić information content (AvgIpc) is 2.73. The number of carbonyl (C=O) groups is 1. The Morgan fingerprint density at radius 1 is 1.65 bits per heavy atom. The highest BCUT2D eigenvalue weighted by molar-refractivity contribution is 9.11. The molecule has 0 spiro atoms. The lowest BCUT2D eigenvalue weighted by Gasteiger charge is -2.42. The second-order valence-corrected chi connectivity index (χ2v) is 8.58. The summed E-state index contributed by atoms with van der Waals surface area (Å²) in [5.41, 5.74) is 0. The number of thioether (sulfide) groups is 1. The number of aromatic nitrogens is 1. The first-order valence-electron chi connectivity index (χ1n) is 6.03. The predicted molar refractivity (Wildman–Crippen MR) is 83.6 cm³/mol. The number of carboxylic acids is 1. The van der Waals surface area contributed by atoms with E-state index in [9.17, 15) is 9.90 Å². The molecule has 0 atom stereocenters. The smallest absolute Gasteiger partial charge is 0.320 e. The fraction of sp³-hybridized carbons (Fsp3) is 0.385. The number of hydrogen-bond donors (Lipinski definition) is 1. The van der Waals surface area contributed by atoms with Gasteiger partial charge in [-0.3, -0.25) is 4.79 Å². The van der Waals surface area contributed by atoms with Gasteiger partial charge in [-0.25, -0.2) is 4.98 Å². The number of rotatable bonds is 4. The van der Waals surface area contributed by atoms with Crippen LogP contribution in [0.5, 0.6) is 0 Å². The number of thiophene rings is 1. The molecule has 0 saturated heterocycles. The van der Waals surface area contributed by atoms with Gasteiger partial charge in [-0.1, -0.05) is 0 Å². The van der Waals surface area contributed by atoms with Crippen LogP contribution in [0.1, 0.15) is 12.8 Å². The molecule has 2 aromatic heterocycles. The summed E-state index contributed by atoms with van der Waals surface area (Å²) in [6.07, 6.45) is 2.86. The van der Waals surface area contributed by atoms with Crippen LogP contribution in [0.3, 0.4) is 0 Å². The number of pyridine rings is 1. The molecule has 0 amide bonds. The fourth-order valence-corrected chi connectivity index (χ4v) is 5.28. The minimum Gasteiger partial charge on any atom is -0.480 e. The quantitative estimate of drug-likeness (QED) is 0.883. The summed E-state index contributed by atoms with van der Waals surface area (Å²) in [7, 11) is 1.63. The Hall–Kier alpha value is -0.630. The highest BCUT2D eigenvalue weighted by Gasteiger charge is 2.52. The van der Waals surface area contributed by atoms with Gasteiger partial charge in [-0.15, -0.1) is 23.1 Å². The molecule has 7 heteroatoms. The van der Waals surface area contributed by atoms with Gasteiger partial charge in [-0.2, -0.15) is 0 Å². The summed E-state index contributed by atoms with van der Waals surface area (Å²) in [6, 6.07) is 3.88. The molecule has 2 aromatic rings. The summed E-state index contributed by atoms with van der Waals surface area (Å²) >= 11 is 6.42. The number of fused-ring (bicyclic) bond motifs is 1. The van der Waals surface area contributed by atoms with Crippen molar-refractivity contribution in [3.63, 3.8) is 0 Å². The van der Waals surface area contributed by atoms with Gasteiger partial charge in [0.05, 0.1) is 9.89 Å². The van der Waals surface area contributed by atoms with Crippen LogP contribution in [0, 0.1) is 0 Å². The molecular weight excluding hydrogens is 362 g/mol. The summed E-state index contributed by atoms with van der Waals surface area (Å²) < 4.78 is 5.45. The summed E-state index contributed by atoms with van der Waals surface area (Å²) in [6.45, 7) is 0. The van der Waals surface area contributed by atoms with Crippen molar-refractivity contribution in [2.75, 3.05) is 7.11 Å². The van der Waals surface area contributed by atoms with Crippen LogP contribution < -0.4 is 0 Å². The number of ether oxygens (including phenoxy) is 1. The lowest BCUT2D eigenvalue weighted by molar-refractivity contribution is -0.146. The van der Waals surface area contributed by atoms with Crippen LogP contribution in [0.2, 0.25) is 0 Å². The Morgan fingerprint density at radius 2 is 2.40 bits per heavy atom. The Balaban J connectivity index is 1.94. The Kier molecular flexibility index (Phi) is 3.79. The number of carboxylic acid groups (broad SMARTS) is 1. The van der Waals surface area contributed by atoms with Gasteiger partial charge >= 0.3 is 5.97 Å². The van der Waals surface area contributed by atoms with E-state index < -0.39 is 10.7 Å². The normalized spacial score (nSPS) is 25.6. The molecule has 2 heterocycles. The van der Waals surface area contributed by atoms with E-state index in [2.05, 4.69) is 20.9 Å². The number of hydrogen-bond acceptors (Lipinski definition) is 5. The van der Waals surface area contributed by atoms with Crippen LogP contribution in [0.15, 0.2) is 27.0 Å². The minimum atomic E-state index is -0.774. The molecule has 4 nitrogen and oxygen atoms in total. The lowest BCUT2D eigenvalue weighted by Crippen LogP contribution is -2.51. The Bertz CT molecular complexity index is 667. The molecule has 1 fully saturated rings. The number of methoxy groups -OCH3 is 1. The van der Waals surface area contributed by atoms with Gasteiger partial charge in [0.25, 0.3) is 0 Å². The number of nitrogens with zero attached hydrogens (tertiary/aromatic N) is 1. The largest absolute Gasteiger partial charge is 0.480 e. The second kappa shape index (κ2) is 5.29. The summed E-state index contributed by atoms with van der Waals surface area (Å²) in [5.74, 6) is -0.768. The first-order chi connectivity index (χ1) is 9.54. The van der Waals surface area contributed by atoms with Crippen molar-refractivity contribution in [1.82, 2.24) is 4.98 Å². The molecule has 1 aliphatic carbocycles. The van der Waals surface area contributed by atoms with E-state index in [0.717, 1.165) is 18.9 Å². The molecule has 0 radical (unpaired) electrons. The van der Waals surface area contributed by atoms with Crippen molar-refractivity contribution in [3.8, 4) is 0 Å². The van der Waals surface area contributed by atoms with Gasteiger partial charge in [0.1, 0.15) is 9.58 Å². The molecule has 20 heavy (non-hydrogen) atoms. The predicted octanol–water partition coefficient (Wildman–Crippen LogP) is 3.78. The first kappa shape index (κ1) is 14.3. The number of aliphatic carboxylic acids is 1. The monoisotopic (exact) mass is 373 g/mol. The highest BCUT2D eigenvalue weighted by Crippen LogP contribution is 2.50. The zero-order chi connectivity index (χ0) is 14.3. The van der Waals surface area contributed by atoms with E-state index >= 15 is 0 Å². The van der Waals surface area contributed by atoms with Gasteiger partial charge < -0.3 is 9.84 Å². The highest BCUT2D eigenvalue weighted by atomic mass is 79.9. The van der Waals surface area contributed by atoms with Gasteiger partial charge in [-0.05, 0) is 40.9 Å². The zero-order valence-corrected chi connectivity index (χ0v) is 13.8. The third-order valence-electron chi connectivity index (χ3n) is 3.51. The summed E-state index contributed by atoms with van der Waals surface area (Å²) in [4.78, 5) is 17.8. The topological polar surface area (TPSA) is 59.4 Å². The Labute approximate surface area is 132 Å². The number of halogens is 1. The van der Waals surface area contributed by atoms with Crippen LogP contribution >= 0.6 is 39.0 Å². The van der Waals surface area contributed by atoms with Crippen LogP contribution in [0.4, 0.5) is 0 Å². The average molecular weight is 374 g/mol. The molecule has 1 saturated carbocycles. The molecule has 0 bridgehead atoms. The van der Waals surface area contributed by atoms with Crippen molar-refractivity contribution in [2.45, 2.75) is 28.6 Å². The maximum Gasteiger partial charge on any atom is 0.320 e. The van der Waals surface area contributed by atoms with Gasteiger partial charge in [0, 0.05) is 23.6 Å². The minimum absolute atomic E-state index is 0.0464. The van der Waals surface area contributed by atoms with E-state index in [0.29, 0.717) is 12.8 Å². The molecule has 0 aliphatic heterocycles. The van der Waals surface area contributed by atoms with E-state index in [1.54, 1.807) is 24.6 Å². The van der Waals surface area contributed by atoms with Crippen molar-refractivity contribution in [1.29, 1.82) is 0 Å².